The number of nitrogens with zero attached hydrogens (tertiary/aromatic N) is 3. The van der Waals surface area contributed by atoms with Gasteiger partial charge in [-0.15, -0.1) is 11.3 Å². The van der Waals surface area contributed by atoms with Gasteiger partial charge < -0.3 is 4.90 Å². The van der Waals surface area contributed by atoms with Gasteiger partial charge in [0.15, 0.2) is 0 Å². The van der Waals surface area contributed by atoms with Crippen molar-refractivity contribution >= 4 is 27.3 Å². The SMILES string of the molecule is CC1CN(C)CC1c1nc2cc(C3=NC[C@@H](C)CC3)ccc2s1. The molecule has 3 atom stereocenters. The molecule has 2 unspecified atom stereocenters. The van der Waals surface area contributed by atoms with Crippen LogP contribution in [0.4, 0.5) is 0 Å². The standard InChI is InChI=1S/C19H25N3S/c1-12-4-6-16(20-9-12)14-5-7-18-17(8-14)21-19(23-18)15-11-22(3)10-13(15)2/h5,7-8,12-13,15H,4,6,9-11H2,1-3H3/t12-,13?,15?/m0/s1. The third-order valence-electron chi connectivity index (χ3n) is 5.32. The van der Waals surface area contributed by atoms with Gasteiger partial charge in [-0.05, 0) is 49.4 Å². The van der Waals surface area contributed by atoms with Gasteiger partial charge in [-0.1, -0.05) is 19.9 Å². The molecule has 0 N–H and O–H groups in total. The maximum absolute atomic E-state index is 4.99. The Labute approximate surface area is 142 Å². The molecule has 1 saturated heterocycles. The Kier molecular flexibility index (Phi) is 3.98. The fraction of sp³-hybridized carbons (Fsp3) is 0.579. The number of aliphatic imine (C=N–C) groups is 1. The second-order valence-electron chi connectivity index (χ2n) is 7.47. The van der Waals surface area contributed by atoms with Crippen LogP contribution in [0.25, 0.3) is 10.2 Å². The third-order valence-corrected chi connectivity index (χ3v) is 6.49. The van der Waals surface area contributed by atoms with Crippen LogP contribution < -0.4 is 0 Å². The zero-order valence-electron chi connectivity index (χ0n) is 14.2. The van der Waals surface area contributed by atoms with Gasteiger partial charge in [0.05, 0.1) is 15.2 Å². The summed E-state index contributed by atoms with van der Waals surface area (Å²) in [6.07, 6.45) is 2.36. The van der Waals surface area contributed by atoms with E-state index >= 15 is 0 Å². The van der Waals surface area contributed by atoms with Crippen molar-refractivity contribution in [3.63, 3.8) is 0 Å². The highest BCUT2D eigenvalue weighted by Crippen LogP contribution is 2.36. The number of fused-ring (bicyclic) bond motifs is 1. The lowest BCUT2D eigenvalue weighted by Crippen LogP contribution is -2.14. The highest BCUT2D eigenvalue weighted by molar-refractivity contribution is 7.18. The summed E-state index contributed by atoms with van der Waals surface area (Å²) in [5, 5.41) is 1.31. The minimum Gasteiger partial charge on any atom is -0.305 e. The van der Waals surface area contributed by atoms with Crippen LogP contribution in [-0.2, 0) is 0 Å². The zero-order valence-corrected chi connectivity index (χ0v) is 15.1. The topological polar surface area (TPSA) is 28.5 Å². The van der Waals surface area contributed by atoms with Crippen molar-refractivity contribution in [2.75, 3.05) is 26.7 Å². The Bertz CT molecular complexity index is 748. The van der Waals surface area contributed by atoms with E-state index in [1.165, 1.54) is 33.9 Å². The van der Waals surface area contributed by atoms with Crippen LogP contribution in [0.3, 0.4) is 0 Å². The first-order valence-corrected chi connectivity index (χ1v) is 9.54. The predicted octanol–water partition coefficient (Wildman–Crippen LogP) is 4.18. The summed E-state index contributed by atoms with van der Waals surface area (Å²) >= 11 is 1.88. The minimum absolute atomic E-state index is 0.591. The highest BCUT2D eigenvalue weighted by atomic mass is 32.1. The van der Waals surface area contributed by atoms with Gasteiger partial charge in [-0.2, -0.15) is 0 Å². The van der Waals surface area contributed by atoms with Gasteiger partial charge in [-0.3, -0.25) is 4.99 Å². The largest absolute Gasteiger partial charge is 0.305 e. The van der Waals surface area contributed by atoms with Crippen molar-refractivity contribution in [3.05, 3.63) is 28.8 Å². The van der Waals surface area contributed by atoms with E-state index in [0.717, 1.165) is 30.9 Å². The summed E-state index contributed by atoms with van der Waals surface area (Å²) in [6.45, 7) is 7.93. The first kappa shape index (κ1) is 15.3. The summed E-state index contributed by atoms with van der Waals surface area (Å²) in [5.41, 5.74) is 3.71. The molecule has 2 aliphatic heterocycles. The Morgan fingerprint density at radius 3 is 2.78 bits per heavy atom. The van der Waals surface area contributed by atoms with Crippen LogP contribution in [0.2, 0.25) is 0 Å². The lowest BCUT2D eigenvalue weighted by atomic mass is 9.96. The zero-order chi connectivity index (χ0) is 16.0. The summed E-state index contributed by atoms with van der Waals surface area (Å²) < 4.78 is 1.32. The molecule has 0 saturated carbocycles. The molecular formula is C19H25N3S. The summed E-state index contributed by atoms with van der Waals surface area (Å²) in [6, 6.07) is 6.74. The Morgan fingerprint density at radius 1 is 1.22 bits per heavy atom. The first-order chi connectivity index (χ1) is 11.1. The summed E-state index contributed by atoms with van der Waals surface area (Å²) in [5.74, 6) is 2.02. The lowest BCUT2D eigenvalue weighted by Gasteiger charge is -2.17. The molecule has 0 amide bonds. The Morgan fingerprint density at radius 2 is 2.09 bits per heavy atom. The fourth-order valence-electron chi connectivity index (χ4n) is 3.87. The van der Waals surface area contributed by atoms with Crippen molar-refractivity contribution in [1.82, 2.24) is 9.88 Å². The van der Waals surface area contributed by atoms with Gasteiger partial charge in [0.25, 0.3) is 0 Å². The summed E-state index contributed by atoms with van der Waals surface area (Å²) in [4.78, 5) is 12.2. The molecule has 3 heterocycles. The molecule has 3 nitrogen and oxygen atoms in total. The van der Waals surface area contributed by atoms with Gasteiger partial charge in [0, 0.05) is 31.3 Å². The van der Waals surface area contributed by atoms with Crippen LogP contribution in [0.15, 0.2) is 23.2 Å². The molecule has 0 bridgehead atoms. The number of thiazole rings is 1. The number of aromatic nitrogens is 1. The number of rotatable bonds is 2. The molecule has 122 valence electrons. The Hall–Kier alpha value is -1.26. The summed E-state index contributed by atoms with van der Waals surface area (Å²) in [7, 11) is 2.21. The number of likely N-dealkylation sites (tertiary alicyclic amines) is 1. The average molecular weight is 327 g/mol. The molecule has 1 fully saturated rings. The quantitative estimate of drug-likeness (QED) is 0.828. The average Bonchev–Trinajstić information content (AvgIpc) is 3.09. The molecule has 4 heteroatoms. The predicted molar refractivity (Wildman–Crippen MR) is 98.8 cm³/mol. The molecule has 1 aromatic heterocycles. The molecule has 0 spiro atoms. The van der Waals surface area contributed by atoms with Crippen molar-refractivity contribution in [2.45, 2.75) is 32.6 Å². The Balaban J connectivity index is 1.65. The van der Waals surface area contributed by atoms with E-state index in [0.29, 0.717) is 11.8 Å². The monoisotopic (exact) mass is 327 g/mol. The van der Waals surface area contributed by atoms with E-state index in [1.54, 1.807) is 0 Å². The third kappa shape index (κ3) is 2.94. The second-order valence-corrected chi connectivity index (χ2v) is 8.53. The normalized spacial score (nSPS) is 29.2. The molecule has 2 aliphatic rings. The van der Waals surface area contributed by atoms with Crippen molar-refractivity contribution in [1.29, 1.82) is 0 Å². The van der Waals surface area contributed by atoms with E-state index in [4.69, 9.17) is 9.98 Å². The van der Waals surface area contributed by atoms with E-state index in [9.17, 15) is 0 Å². The smallest absolute Gasteiger partial charge is 0.0985 e. The van der Waals surface area contributed by atoms with Crippen LogP contribution in [-0.4, -0.2) is 42.3 Å². The van der Waals surface area contributed by atoms with Crippen molar-refractivity contribution in [2.24, 2.45) is 16.8 Å². The highest BCUT2D eigenvalue weighted by Gasteiger charge is 2.31. The van der Waals surface area contributed by atoms with E-state index in [2.05, 4.69) is 44.0 Å². The maximum atomic E-state index is 4.99. The number of hydrogen-bond acceptors (Lipinski definition) is 4. The van der Waals surface area contributed by atoms with Gasteiger partial charge in [-0.25, -0.2) is 4.98 Å². The molecular weight excluding hydrogens is 302 g/mol. The fourth-order valence-corrected chi connectivity index (χ4v) is 5.04. The lowest BCUT2D eigenvalue weighted by molar-refractivity contribution is 0.401. The van der Waals surface area contributed by atoms with Crippen molar-refractivity contribution < 1.29 is 0 Å². The van der Waals surface area contributed by atoms with Gasteiger partial charge >= 0.3 is 0 Å². The maximum Gasteiger partial charge on any atom is 0.0985 e. The van der Waals surface area contributed by atoms with Gasteiger partial charge in [0.2, 0.25) is 0 Å². The first-order valence-electron chi connectivity index (χ1n) is 8.73. The molecule has 4 rings (SSSR count). The minimum atomic E-state index is 0.591. The van der Waals surface area contributed by atoms with Crippen LogP contribution >= 0.6 is 11.3 Å². The van der Waals surface area contributed by atoms with Crippen LogP contribution in [0.5, 0.6) is 0 Å². The molecule has 1 aromatic carbocycles. The number of benzene rings is 1. The molecule has 0 aliphatic carbocycles. The van der Waals surface area contributed by atoms with Crippen LogP contribution in [0.1, 0.15) is 43.2 Å². The molecule has 2 aromatic rings. The molecule has 23 heavy (non-hydrogen) atoms. The number of hydrogen-bond donors (Lipinski definition) is 0. The van der Waals surface area contributed by atoms with Crippen LogP contribution in [0, 0.1) is 11.8 Å². The molecule has 0 radical (unpaired) electrons. The number of likely N-dealkylation sites (N-methyl/N-ethyl adjacent to an activating group) is 1. The van der Waals surface area contributed by atoms with Crippen molar-refractivity contribution in [3.8, 4) is 0 Å². The second kappa shape index (κ2) is 5.99. The van der Waals surface area contributed by atoms with E-state index in [1.807, 2.05) is 11.3 Å². The van der Waals surface area contributed by atoms with E-state index < -0.39 is 0 Å². The van der Waals surface area contributed by atoms with E-state index in [-0.39, 0.29) is 0 Å². The van der Waals surface area contributed by atoms with Gasteiger partial charge in [0.1, 0.15) is 0 Å².